The molecule has 1 heterocycles. The van der Waals surface area contributed by atoms with E-state index in [0.717, 1.165) is 16.8 Å². The molecule has 8 nitrogen and oxygen atoms in total. The van der Waals surface area contributed by atoms with Crippen molar-refractivity contribution in [2.24, 2.45) is 0 Å². The molecule has 1 aromatic heterocycles. The van der Waals surface area contributed by atoms with Crippen molar-refractivity contribution in [2.75, 3.05) is 32.4 Å². The van der Waals surface area contributed by atoms with Crippen LogP contribution in [0, 0.1) is 6.92 Å². The van der Waals surface area contributed by atoms with E-state index in [1.807, 2.05) is 25.1 Å². The third kappa shape index (κ3) is 5.16. The highest BCUT2D eigenvalue weighted by Gasteiger charge is 2.18. The van der Waals surface area contributed by atoms with Gasteiger partial charge in [-0.05, 0) is 36.1 Å². The molecule has 0 fully saturated rings. The molecule has 32 heavy (non-hydrogen) atoms. The SMILES string of the molecule is COc1cc(-c2nnc(SCC(=O)Nc3c(C)cccc3C(C)C)o2)cc(OC)c1OC. The lowest BCUT2D eigenvalue weighted by Crippen LogP contribution is -2.16. The molecule has 3 aromatic rings. The minimum Gasteiger partial charge on any atom is -0.493 e. The lowest BCUT2D eigenvalue weighted by Gasteiger charge is -2.16. The fraction of sp³-hybridized carbons (Fsp3) is 0.348. The van der Waals surface area contributed by atoms with Crippen LogP contribution in [0.4, 0.5) is 5.69 Å². The Morgan fingerprint density at radius 3 is 2.38 bits per heavy atom. The van der Waals surface area contributed by atoms with Crippen LogP contribution in [0.2, 0.25) is 0 Å². The lowest BCUT2D eigenvalue weighted by molar-refractivity contribution is -0.113. The molecular formula is C23H27N3O5S. The van der Waals surface area contributed by atoms with E-state index >= 15 is 0 Å². The summed E-state index contributed by atoms with van der Waals surface area (Å²) >= 11 is 1.17. The van der Waals surface area contributed by atoms with E-state index in [-0.39, 0.29) is 22.8 Å². The summed E-state index contributed by atoms with van der Waals surface area (Å²) in [5.74, 6) is 2.02. The summed E-state index contributed by atoms with van der Waals surface area (Å²) in [7, 11) is 4.61. The third-order valence-corrected chi connectivity index (χ3v) is 5.65. The molecule has 2 aromatic carbocycles. The average Bonchev–Trinajstić information content (AvgIpc) is 3.27. The van der Waals surface area contributed by atoms with Gasteiger partial charge in [-0.2, -0.15) is 0 Å². The van der Waals surface area contributed by atoms with Gasteiger partial charge in [-0.1, -0.05) is 43.8 Å². The van der Waals surface area contributed by atoms with Crippen molar-refractivity contribution in [3.8, 4) is 28.7 Å². The van der Waals surface area contributed by atoms with Gasteiger partial charge in [-0.25, -0.2) is 0 Å². The first-order valence-electron chi connectivity index (χ1n) is 10.0. The molecule has 0 radical (unpaired) electrons. The monoisotopic (exact) mass is 457 g/mol. The van der Waals surface area contributed by atoms with Crippen LogP contribution in [0.1, 0.15) is 30.9 Å². The van der Waals surface area contributed by atoms with Crippen LogP contribution in [-0.4, -0.2) is 43.2 Å². The van der Waals surface area contributed by atoms with E-state index in [1.165, 1.54) is 33.1 Å². The predicted octanol–water partition coefficient (Wildman–Crippen LogP) is 4.93. The number of hydrogen-bond donors (Lipinski definition) is 1. The van der Waals surface area contributed by atoms with Gasteiger partial charge in [-0.15, -0.1) is 10.2 Å². The second-order valence-corrected chi connectivity index (χ2v) is 8.24. The maximum absolute atomic E-state index is 12.6. The summed E-state index contributed by atoms with van der Waals surface area (Å²) in [5.41, 5.74) is 3.60. The summed E-state index contributed by atoms with van der Waals surface area (Å²) in [6.07, 6.45) is 0. The zero-order chi connectivity index (χ0) is 23.3. The number of nitrogens with zero attached hydrogens (tertiary/aromatic N) is 2. The number of anilines is 1. The molecule has 0 unspecified atom stereocenters. The van der Waals surface area contributed by atoms with Crippen molar-refractivity contribution in [1.29, 1.82) is 0 Å². The Kier molecular flexibility index (Phi) is 7.63. The largest absolute Gasteiger partial charge is 0.493 e. The molecule has 0 atom stereocenters. The quantitative estimate of drug-likeness (QED) is 0.452. The molecule has 1 N–H and O–H groups in total. The van der Waals surface area contributed by atoms with Gasteiger partial charge in [0, 0.05) is 11.3 Å². The van der Waals surface area contributed by atoms with Crippen molar-refractivity contribution in [3.05, 3.63) is 41.5 Å². The number of ether oxygens (including phenoxy) is 3. The summed E-state index contributed by atoms with van der Waals surface area (Å²) in [4.78, 5) is 12.6. The minimum absolute atomic E-state index is 0.140. The second kappa shape index (κ2) is 10.4. The Balaban J connectivity index is 1.71. The maximum Gasteiger partial charge on any atom is 0.277 e. The number of carbonyl (C=O) groups excluding carboxylic acids is 1. The Bertz CT molecular complexity index is 1070. The molecular weight excluding hydrogens is 430 g/mol. The Labute approximate surface area is 191 Å². The molecule has 3 rings (SSSR count). The number of aryl methyl sites for hydroxylation is 1. The molecule has 0 saturated carbocycles. The van der Waals surface area contributed by atoms with Crippen molar-refractivity contribution in [3.63, 3.8) is 0 Å². The van der Waals surface area contributed by atoms with Gasteiger partial charge in [0.15, 0.2) is 11.5 Å². The van der Waals surface area contributed by atoms with Gasteiger partial charge in [0.2, 0.25) is 17.5 Å². The number of amides is 1. The Morgan fingerprint density at radius 1 is 1.09 bits per heavy atom. The smallest absolute Gasteiger partial charge is 0.277 e. The molecule has 0 spiro atoms. The summed E-state index contributed by atoms with van der Waals surface area (Å²) in [5, 5.41) is 11.4. The van der Waals surface area contributed by atoms with Crippen molar-refractivity contribution < 1.29 is 23.4 Å². The molecule has 0 aliphatic heterocycles. The van der Waals surface area contributed by atoms with E-state index < -0.39 is 0 Å². The van der Waals surface area contributed by atoms with Gasteiger partial charge in [-0.3, -0.25) is 4.79 Å². The van der Waals surface area contributed by atoms with E-state index in [1.54, 1.807) is 12.1 Å². The molecule has 9 heteroatoms. The first kappa shape index (κ1) is 23.5. The van der Waals surface area contributed by atoms with E-state index in [9.17, 15) is 4.79 Å². The number of carbonyl (C=O) groups is 1. The number of benzene rings is 2. The zero-order valence-electron chi connectivity index (χ0n) is 19.0. The van der Waals surface area contributed by atoms with E-state index in [4.69, 9.17) is 18.6 Å². The standard InChI is InChI=1S/C23H27N3O5S/c1-13(2)16-9-7-8-14(3)20(16)24-19(27)12-32-23-26-25-22(31-23)15-10-17(28-4)21(30-6)18(11-15)29-5/h7-11,13H,12H2,1-6H3,(H,24,27). The topological polar surface area (TPSA) is 95.7 Å². The first-order chi connectivity index (χ1) is 15.4. The third-order valence-electron chi connectivity index (χ3n) is 4.84. The van der Waals surface area contributed by atoms with E-state index in [2.05, 4.69) is 29.4 Å². The molecule has 0 saturated heterocycles. The van der Waals surface area contributed by atoms with Crippen LogP contribution >= 0.6 is 11.8 Å². The zero-order valence-corrected chi connectivity index (χ0v) is 19.8. The maximum atomic E-state index is 12.6. The fourth-order valence-electron chi connectivity index (χ4n) is 3.23. The number of aromatic nitrogens is 2. The number of rotatable bonds is 9. The van der Waals surface area contributed by atoms with Crippen LogP contribution in [0.15, 0.2) is 40.0 Å². The van der Waals surface area contributed by atoms with Crippen LogP contribution in [0.3, 0.4) is 0 Å². The predicted molar refractivity (Wildman–Crippen MR) is 124 cm³/mol. The minimum atomic E-state index is -0.140. The molecule has 0 aliphatic carbocycles. The van der Waals surface area contributed by atoms with Gasteiger partial charge in [0.05, 0.1) is 27.1 Å². The number of thioether (sulfide) groups is 1. The van der Waals surface area contributed by atoms with Crippen LogP contribution < -0.4 is 19.5 Å². The Morgan fingerprint density at radius 2 is 1.78 bits per heavy atom. The molecule has 0 bridgehead atoms. The summed E-state index contributed by atoms with van der Waals surface area (Å²) < 4.78 is 21.8. The van der Waals surface area contributed by atoms with Crippen molar-refractivity contribution in [1.82, 2.24) is 10.2 Å². The highest BCUT2D eigenvalue weighted by Crippen LogP contribution is 2.41. The number of nitrogens with one attached hydrogen (secondary N) is 1. The normalized spacial score (nSPS) is 10.8. The molecule has 0 aliphatic rings. The van der Waals surface area contributed by atoms with Gasteiger partial charge in [0.1, 0.15) is 0 Å². The lowest BCUT2D eigenvalue weighted by atomic mass is 9.98. The summed E-state index contributed by atoms with van der Waals surface area (Å²) in [6, 6.07) is 9.46. The molecule has 170 valence electrons. The van der Waals surface area contributed by atoms with Gasteiger partial charge >= 0.3 is 0 Å². The average molecular weight is 458 g/mol. The second-order valence-electron chi connectivity index (χ2n) is 7.32. The highest BCUT2D eigenvalue weighted by molar-refractivity contribution is 7.99. The fourth-order valence-corrected chi connectivity index (χ4v) is 3.80. The van der Waals surface area contributed by atoms with Crippen molar-refractivity contribution in [2.45, 2.75) is 31.9 Å². The van der Waals surface area contributed by atoms with Crippen molar-refractivity contribution >= 4 is 23.4 Å². The first-order valence-corrected chi connectivity index (χ1v) is 11.0. The number of methoxy groups -OCH3 is 3. The summed E-state index contributed by atoms with van der Waals surface area (Å²) in [6.45, 7) is 6.18. The number of hydrogen-bond acceptors (Lipinski definition) is 8. The Hall–Kier alpha value is -3.20. The van der Waals surface area contributed by atoms with E-state index in [0.29, 0.717) is 28.7 Å². The van der Waals surface area contributed by atoms with Crippen LogP contribution in [-0.2, 0) is 4.79 Å². The molecule has 1 amide bonds. The van der Waals surface area contributed by atoms with Gasteiger partial charge in [0.25, 0.3) is 5.22 Å². The van der Waals surface area contributed by atoms with Crippen LogP contribution in [0.25, 0.3) is 11.5 Å². The highest BCUT2D eigenvalue weighted by atomic mass is 32.2. The number of para-hydroxylation sites is 1. The van der Waals surface area contributed by atoms with Crippen LogP contribution in [0.5, 0.6) is 17.2 Å². The van der Waals surface area contributed by atoms with Gasteiger partial charge < -0.3 is 23.9 Å².